The lowest BCUT2D eigenvalue weighted by atomic mass is 9.98. The van der Waals surface area contributed by atoms with E-state index in [1.54, 1.807) is 18.2 Å². The standard InChI is InChI=1S/C27H24N2O4/c1-32-26(30)23-16-18(13-14-25(23)28)8-6-7-15-29-27(31)33-17-24-21-11-4-2-9-19(21)20-10-3-5-12-22(20)24/h2-5,9-14,16,24H,7,15,17,28H2,1H3,(H,29,31). The fourth-order valence-electron chi connectivity index (χ4n) is 3.96. The van der Waals surface area contributed by atoms with Crippen LogP contribution in [-0.4, -0.2) is 32.3 Å². The van der Waals surface area contributed by atoms with E-state index in [0.717, 1.165) is 0 Å². The van der Waals surface area contributed by atoms with E-state index in [9.17, 15) is 9.59 Å². The molecule has 0 aliphatic heterocycles. The zero-order valence-corrected chi connectivity index (χ0v) is 18.3. The minimum absolute atomic E-state index is 0.0254. The summed E-state index contributed by atoms with van der Waals surface area (Å²) in [5.74, 6) is 5.45. The summed E-state index contributed by atoms with van der Waals surface area (Å²) in [5.41, 5.74) is 11.8. The summed E-state index contributed by atoms with van der Waals surface area (Å²) in [6.07, 6.45) is -0.0404. The number of carbonyl (C=O) groups is 2. The lowest BCUT2D eigenvalue weighted by Crippen LogP contribution is -2.26. The highest BCUT2D eigenvalue weighted by Crippen LogP contribution is 2.44. The molecule has 0 heterocycles. The molecule has 0 bridgehead atoms. The van der Waals surface area contributed by atoms with Crippen LogP contribution in [0.15, 0.2) is 66.7 Å². The number of carbonyl (C=O) groups excluding carboxylic acids is 2. The average Bonchev–Trinajstić information content (AvgIpc) is 3.16. The highest BCUT2D eigenvalue weighted by molar-refractivity contribution is 5.95. The van der Waals surface area contributed by atoms with Crippen LogP contribution in [0.5, 0.6) is 0 Å². The maximum atomic E-state index is 12.2. The van der Waals surface area contributed by atoms with Crippen molar-refractivity contribution in [1.29, 1.82) is 0 Å². The van der Waals surface area contributed by atoms with Gasteiger partial charge in [-0.3, -0.25) is 0 Å². The summed E-state index contributed by atoms with van der Waals surface area (Å²) >= 11 is 0. The number of hydrogen-bond donors (Lipinski definition) is 2. The molecule has 0 spiro atoms. The summed E-state index contributed by atoms with van der Waals surface area (Å²) in [5, 5.41) is 2.73. The molecule has 1 amide bonds. The molecule has 0 saturated heterocycles. The van der Waals surface area contributed by atoms with Crippen LogP contribution in [0.25, 0.3) is 11.1 Å². The molecule has 3 aromatic rings. The summed E-state index contributed by atoms with van der Waals surface area (Å²) in [7, 11) is 1.30. The molecule has 0 radical (unpaired) electrons. The molecule has 1 aliphatic rings. The van der Waals surface area contributed by atoms with Crippen molar-refractivity contribution >= 4 is 17.7 Å². The molecule has 1 aliphatic carbocycles. The highest BCUT2D eigenvalue weighted by atomic mass is 16.5. The number of nitrogens with one attached hydrogen (secondary N) is 1. The largest absolute Gasteiger partial charge is 0.465 e. The number of fused-ring (bicyclic) bond motifs is 3. The first-order valence-electron chi connectivity index (χ1n) is 10.6. The Kier molecular flexibility index (Phi) is 6.61. The zero-order valence-electron chi connectivity index (χ0n) is 18.3. The molecule has 0 fully saturated rings. The molecule has 166 valence electrons. The first-order chi connectivity index (χ1) is 16.1. The van der Waals surface area contributed by atoms with Crippen molar-refractivity contribution in [3.05, 3.63) is 89.0 Å². The minimum atomic E-state index is -0.506. The second kappa shape index (κ2) is 9.92. The van der Waals surface area contributed by atoms with Crippen LogP contribution in [-0.2, 0) is 9.47 Å². The second-order valence-corrected chi connectivity index (χ2v) is 7.60. The van der Waals surface area contributed by atoms with Gasteiger partial charge in [0.2, 0.25) is 0 Å². The van der Waals surface area contributed by atoms with E-state index in [1.165, 1.54) is 29.4 Å². The Morgan fingerprint density at radius 1 is 1.00 bits per heavy atom. The van der Waals surface area contributed by atoms with Crippen LogP contribution in [0.3, 0.4) is 0 Å². The topological polar surface area (TPSA) is 90.6 Å². The Labute approximate surface area is 192 Å². The molecular formula is C27H24N2O4. The van der Waals surface area contributed by atoms with Crippen molar-refractivity contribution in [3.63, 3.8) is 0 Å². The molecule has 3 N–H and O–H groups in total. The third-order valence-electron chi connectivity index (χ3n) is 5.55. The van der Waals surface area contributed by atoms with Crippen molar-refractivity contribution in [1.82, 2.24) is 5.32 Å². The van der Waals surface area contributed by atoms with E-state index < -0.39 is 12.1 Å². The number of esters is 1. The van der Waals surface area contributed by atoms with E-state index in [2.05, 4.69) is 41.4 Å². The van der Waals surface area contributed by atoms with Gasteiger partial charge in [0, 0.05) is 30.1 Å². The fraction of sp³-hybridized carbons (Fsp3) is 0.185. The second-order valence-electron chi connectivity index (χ2n) is 7.60. The number of amides is 1. The predicted molar refractivity (Wildman–Crippen MR) is 127 cm³/mol. The van der Waals surface area contributed by atoms with Gasteiger partial charge in [-0.25, -0.2) is 9.59 Å². The van der Waals surface area contributed by atoms with Crippen molar-refractivity contribution in [3.8, 4) is 23.0 Å². The summed E-state index contributed by atoms with van der Waals surface area (Å²) in [4.78, 5) is 23.9. The number of benzene rings is 3. The molecule has 0 atom stereocenters. The zero-order chi connectivity index (χ0) is 23.2. The van der Waals surface area contributed by atoms with E-state index in [1.807, 2.05) is 24.3 Å². The van der Waals surface area contributed by atoms with Crippen LogP contribution in [0.4, 0.5) is 10.5 Å². The van der Waals surface area contributed by atoms with Crippen molar-refractivity contribution in [2.75, 3.05) is 26.0 Å². The van der Waals surface area contributed by atoms with Gasteiger partial charge in [0.05, 0.1) is 12.7 Å². The monoisotopic (exact) mass is 440 g/mol. The van der Waals surface area contributed by atoms with Crippen molar-refractivity contribution in [2.24, 2.45) is 0 Å². The van der Waals surface area contributed by atoms with Gasteiger partial charge >= 0.3 is 12.1 Å². The lowest BCUT2D eigenvalue weighted by molar-refractivity contribution is 0.0602. The quantitative estimate of drug-likeness (QED) is 0.267. The molecule has 4 rings (SSSR count). The van der Waals surface area contributed by atoms with Crippen LogP contribution in [0.1, 0.15) is 39.4 Å². The molecule has 6 heteroatoms. The number of methoxy groups -OCH3 is 1. The summed E-state index contributed by atoms with van der Waals surface area (Å²) in [6.45, 7) is 0.621. The Morgan fingerprint density at radius 2 is 1.67 bits per heavy atom. The van der Waals surface area contributed by atoms with E-state index in [4.69, 9.17) is 15.2 Å². The molecule has 6 nitrogen and oxygen atoms in total. The van der Waals surface area contributed by atoms with Crippen molar-refractivity contribution in [2.45, 2.75) is 12.3 Å². The van der Waals surface area contributed by atoms with Crippen LogP contribution in [0, 0.1) is 11.8 Å². The summed E-state index contributed by atoms with van der Waals surface area (Å²) < 4.78 is 10.2. The number of hydrogen-bond acceptors (Lipinski definition) is 5. The SMILES string of the molecule is COC(=O)c1cc(C#CCCNC(=O)OCC2c3ccccc3-c3ccccc32)ccc1N. The number of nitrogens with two attached hydrogens (primary N) is 1. The van der Waals surface area contributed by atoms with Gasteiger partial charge in [0.15, 0.2) is 0 Å². The fourth-order valence-corrected chi connectivity index (χ4v) is 3.96. The maximum absolute atomic E-state index is 12.2. The first kappa shape index (κ1) is 22.0. The van der Waals surface area contributed by atoms with Crippen LogP contribution < -0.4 is 11.1 Å². The highest BCUT2D eigenvalue weighted by Gasteiger charge is 2.28. The maximum Gasteiger partial charge on any atom is 0.407 e. The van der Waals surface area contributed by atoms with Crippen molar-refractivity contribution < 1.29 is 19.1 Å². The van der Waals surface area contributed by atoms with Gasteiger partial charge in [0.25, 0.3) is 0 Å². The number of alkyl carbamates (subject to hydrolysis) is 1. The van der Waals surface area contributed by atoms with Gasteiger partial charge in [-0.1, -0.05) is 60.4 Å². The normalized spacial score (nSPS) is 11.5. The predicted octanol–water partition coefficient (Wildman–Crippen LogP) is 4.34. The Morgan fingerprint density at radius 3 is 2.33 bits per heavy atom. The third kappa shape index (κ3) is 4.83. The molecule has 33 heavy (non-hydrogen) atoms. The Bertz CT molecular complexity index is 1210. The minimum Gasteiger partial charge on any atom is -0.465 e. The van der Waals surface area contributed by atoms with Gasteiger partial charge in [-0.05, 0) is 40.5 Å². The number of anilines is 1. The molecule has 0 unspecified atom stereocenters. The number of ether oxygens (including phenoxy) is 2. The number of nitrogen functional groups attached to an aromatic ring is 1. The van der Waals surface area contributed by atoms with Gasteiger partial charge < -0.3 is 20.5 Å². The summed E-state index contributed by atoms with van der Waals surface area (Å²) in [6, 6.07) is 21.4. The first-order valence-corrected chi connectivity index (χ1v) is 10.6. The van der Waals surface area contributed by atoms with E-state index >= 15 is 0 Å². The number of rotatable bonds is 5. The smallest absolute Gasteiger partial charge is 0.407 e. The molecule has 3 aromatic carbocycles. The lowest BCUT2D eigenvalue weighted by Gasteiger charge is -2.14. The third-order valence-corrected chi connectivity index (χ3v) is 5.55. The van der Waals surface area contributed by atoms with Gasteiger partial charge in [0.1, 0.15) is 6.61 Å². The molecular weight excluding hydrogens is 416 g/mol. The molecule has 0 aromatic heterocycles. The average molecular weight is 440 g/mol. The molecule has 0 saturated carbocycles. The van der Waals surface area contributed by atoms with E-state index in [-0.39, 0.29) is 18.1 Å². The van der Waals surface area contributed by atoms with E-state index in [0.29, 0.717) is 24.2 Å². The Hall–Kier alpha value is -4.24. The Balaban J connectivity index is 1.28. The van der Waals surface area contributed by atoms with Crippen LogP contribution in [0.2, 0.25) is 0 Å². The van der Waals surface area contributed by atoms with Gasteiger partial charge in [-0.15, -0.1) is 0 Å². The van der Waals surface area contributed by atoms with Crippen LogP contribution >= 0.6 is 0 Å². The van der Waals surface area contributed by atoms with Gasteiger partial charge in [-0.2, -0.15) is 0 Å².